The molecule has 1 aromatic carbocycles. The van der Waals surface area contributed by atoms with E-state index >= 15 is 0 Å². The van der Waals surface area contributed by atoms with Crippen LogP contribution in [0.25, 0.3) is 0 Å². The van der Waals surface area contributed by atoms with Crippen molar-refractivity contribution in [2.75, 3.05) is 13.2 Å². The lowest BCUT2D eigenvalue weighted by molar-refractivity contribution is 0.130. The Labute approximate surface area is 109 Å². The monoisotopic (exact) mass is 249 g/mol. The number of ether oxygens (including phenoxy) is 1. The van der Waals surface area contributed by atoms with Gasteiger partial charge in [0, 0.05) is 18.5 Å². The summed E-state index contributed by atoms with van der Waals surface area (Å²) in [5.41, 5.74) is 1.13. The molecular weight excluding hydrogens is 226 g/mol. The van der Waals surface area contributed by atoms with Crippen LogP contribution in [0.1, 0.15) is 32.3 Å². The molecule has 1 unspecified atom stereocenters. The van der Waals surface area contributed by atoms with E-state index in [1.807, 2.05) is 18.2 Å². The number of hydrogen-bond acceptors (Lipinski definition) is 3. The van der Waals surface area contributed by atoms with Gasteiger partial charge in [0.05, 0.1) is 6.61 Å². The summed E-state index contributed by atoms with van der Waals surface area (Å²) in [6.45, 7) is 5.19. The summed E-state index contributed by atoms with van der Waals surface area (Å²) in [5.74, 6) is 1.01. The first kappa shape index (κ1) is 13.4. The molecular formula is C15H23NO2. The van der Waals surface area contributed by atoms with Crippen molar-refractivity contribution in [3.8, 4) is 5.75 Å². The topological polar surface area (TPSA) is 41.5 Å². The summed E-state index contributed by atoms with van der Waals surface area (Å²) in [6.07, 6.45) is 3.00. The number of aliphatic hydroxyl groups excluding tert-OH is 1. The molecule has 1 aromatic rings. The van der Waals surface area contributed by atoms with Crippen molar-refractivity contribution in [1.29, 1.82) is 0 Å². The predicted molar refractivity (Wildman–Crippen MR) is 73.0 cm³/mol. The lowest BCUT2D eigenvalue weighted by Gasteiger charge is -2.32. The van der Waals surface area contributed by atoms with Crippen molar-refractivity contribution >= 4 is 0 Å². The van der Waals surface area contributed by atoms with E-state index in [0.717, 1.165) is 31.6 Å². The van der Waals surface area contributed by atoms with Gasteiger partial charge in [-0.1, -0.05) is 32.0 Å². The first-order chi connectivity index (χ1) is 8.73. The lowest BCUT2D eigenvalue weighted by atomic mass is 9.93. The van der Waals surface area contributed by atoms with Crippen molar-refractivity contribution in [3.05, 3.63) is 29.8 Å². The number of hydrogen-bond donors (Lipinski definition) is 2. The molecule has 0 amide bonds. The van der Waals surface area contributed by atoms with Gasteiger partial charge in [-0.3, -0.25) is 0 Å². The predicted octanol–water partition coefficient (Wildman–Crippen LogP) is 2.13. The summed E-state index contributed by atoms with van der Waals surface area (Å²) in [4.78, 5) is 0. The Kier molecular flexibility index (Phi) is 4.25. The van der Waals surface area contributed by atoms with Gasteiger partial charge in [0.25, 0.3) is 0 Å². The summed E-state index contributed by atoms with van der Waals surface area (Å²) < 4.78 is 5.89. The van der Waals surface area contributed by atoms with Gasteiger partial charge >= 0.3 is 0 Å². The van der Waals surface area contributed by atoms with Crippen LogP contribution in [0.2, 0.25) is 0 Å². The van der Waals surface area contributed by atoms with Crippen LogP contribution >= 0.6 is 0 Å². The van der Waals surface area contributed by atoms with Crippen LogP contribution in [0.4, 0.5) is 0 Å². The normalized spacial score (nSPS) is 18.5. The maximum Gasteiger partial charge on any atom is 0.123 e. The van der Waals surface area contributed by atoms with Gasteiger partial charge in [-0.25, -0.2) is 0 Å². The molecule has 1 aliphatic rings. The van der Waals surface area contributed by atoms with Crippen molar-refractivity contribution < 1.29 is 9.84 Å². The zero-order valence-electron chi connectivity index (χ0n) is 11.3. The number of fused-ring (bicyclic) bond motifs is 1. The molecule has 0 saturated heterocycles. The molecule has 3 heteroatoms. The van der Waals surface area contributed by atoms with E-state index in [9.17, 15) is 5.11 Å². The Morgan fingerprint density at radius 1 is 1.33 bits per heavy atom. The number of benzene rings is 1. The molecule has 1 aliphatic heterocycles. The van der Waals surface area contributed by atoms with Crippen LogP contribution in [-0.2, 0) is 6.42 Å². The van der Waals surface area contributed by atoms with Crippen LogP contribution in [0.3, 0.4) is 0 Å². The minimum absolute atomic E-state index is 0.155. The Bertz CT molecular complexity index is 355. The molecule has 0 bridgehead atoms. The average molecular weight is 249 g/mol. The lowest BCUT2D eigenvalue weighted by Crippen LogP contribution is -2.50. The molecule has 2 rings (SSSR count). The maximum atomic E-state index is 9.52. The highest BCUT2D eigenvalue weighted by Gasteiger charge is 2.28. The number of rotatable bonds is 6. The van der Waals surface area contributed by atoms with Gasteiger partial charge < -0.3 is 15.2 Å². The van der Waals surface area contributed by atoms with Crippen LogP contribution < -0.4 is 10.1 Å². The molecule has 1 heterocycles. The molecule has 3 nitrogen and oxygen atoms in total. The highest BCUT2D eigenvalue weighted by molar-refractivity contribution is 5.37. The fraction of sp³-hybridized carbons (Fsp3) is 0.600. The van der Waals surface area contributed by atoms with E-state index in [-0.39, 0.29) is 18.2 Å². The molecule has 2 N–H and O–H groups in total. The summed E-state index contributed by atoms with van der Waals surface area (Å²) in [6, 6.07) is 8.20. The van der Waals surface area contributed by atoms with Crippen LogP contribution in [0.15, 0.2) is 24.3 Å². The van der Waals surface area contributed by atoms with E-state index in [1.54, 1.807) is 0 Å². The van der Waals surface area contributed by atoms with E-state index < -0.39 is 0 Å². The SMILES string of the molecule is CCC(CC)(CO)NCC1Cc2ccccc2O1. The van der Waals surface area contributed by atoms with Gasteiger partial charge in [-0.15, -0.1) is 0 Å². The Morgan fingerprint density at radius 2 is 2.06 bits per heavy atom. The van der Waals surface area contributed by atoms with E-state index in [4.69, 9.17) is 4.74 Å². The molecule has 100 valence electrons. The second-order valence-electron chi connectivity index (χ2n) is 5.08. The average Bonchev–Trinajstić information content (AvgIpc) is 2.84. The van der Waals surface area contributed by atoms with E-state index in [1.165, 1.54) is 5.56 Å². The van der Waals surface area contributed by atoms with Crippen LogP contribution in [0.5, 0.6) is 5.75 Å². The highest BCUT2D eigenvalue weighted by Crippen LogP contribution is 2.28. The van der Waals surface area contributed by atoms with Gasteiger partial charge in [-0.05, 0) is 24.5 Å². The number of aliphatic hydroxyl groups is 1. The smallest absolute Gasteiger partial charge is 0.123 e. The van der Waals surface area contributed by atoms with Gasteiger partial charge in [-0.2, -0.15) is 0 Å². The molecule has 1 atom stereocenters. The Hall–Kier alpha value is -1.06. The van der Waals surface area contributed by atoms with Crippen molar-refractivity contribution in [2.24, 2.45) is 0 Å². The highest BCUT2D eigenvalue weighted by atomic mass is 16.5. The van der Waals surface area contributed by atoms with Crippen molar-refractivity contribution in [2.45, 2.75) is 44.8 Å². The Balaban J connectivity index is 1.90. The van der Waals surface area contributed by atoms with Crippen LogP contribution in [-0.4, -0.2) is 29.9 Å². The minimum atomic E-state index is -0.155. The largest absolute Gasteiger partial charge is 0.488 e. The number of nitrogens with one attached hydrogen (secondary N) is 1. The fourth-order valence-electron chi connectivity index (χ4n) is 2.48. The molecule has 0 aromatic heterocycles. The summed E-state index contributed by atoms with van der Waals surface area (Å²) in [7, 11) is 0. The molecule has 0 spiro atoms. The minimum Gasteiger partial charge on any atom is -0.488 e. The quantitative estimate of drug-likeness (QED) is 0.811. The summed E-state index contributed by atoms with van der Waals surface area (Å²) in [5, 5.41) is 13.0. The molecule has 0 saturated carbocycles. The molecule has 0 fully saturated rings. The number of para-hydroxylation sites is 1. The summed E-state index contributed by atoms with van der Waals surface area (Å²) >= 11 is 0. The van der Waals surface area contributed by atoms with Crippen molar-refractivity contribution in [3.63, 3.8) is 0 Å². The standard InChI is InChI=1S/C15H23NO2/c1-3-15(4-2,11-17)16-10-13-9-12-7-5-6-8-14(12)18-13/h5-8,13,16-17H,3-4,9-11H2,1-2H3. The second-order valence-corrected chi connectivity index (χ2v) is 5.08. The zero-order valence-corrected chi connectivity index (χ0v) is 11.3. The van der Waals surface area contributed by atoms with Gasteiger partial charge in [0.2, 0.25) is 0 Å². The Morgan fingerprint density at radius 3 is 2.67 bits per heavy atom. The fourth-order valence-corrected chi connectivity index (χ4v) is 2.48. The first-order valence-corrected chi connectivity index (χ1v) is 6.83. The molecule has 0 aliphatic carbocycles. The van der Waals surface area contributed by atoms with Crippen LogP contribution in [0, 0.1) is 0 Å². The molecule has 0 radical (unpaired) electrons. The van der Waals surface area contributed by atoms with E-state index in [0.29, 0.717) is 0 Å². The van der Waals surface area contributed by atoms with Gasteiger partial charge in [0.15, 0.2) is 0 Å². The molecule has 18 heavy (non-hydrogen) atoms. The third-order valence-corrected chi connectivity index (χ3v) is 4.07. The van der Waals surface area contributed by atoms with Gasteiger partial charge in [0.1, 0.15) is 11.9 Å². The zero-order chi connectivity index (χ0) is 13.0. The van der Waals surface area contributed by atoms with E-state index in [2.05, 4.69) is 25.2 Å². The maximum absolute atomic E-state index is 9.52. The first-order valence-electron chi connectivity index (χ1n) is 6.83. The third-order valence-electron chi connectivity index (χ3n) is 4.07. The third kappa shape index (κ3) is 2.68. The second kappa shape index (κ2) is 5.72. The van der Waals surface area contributed by atoms with Crippen molar-refractivity contribution in [1.82, 2.24) is 5.32 Å².